The van der Waals surface area contributed by atoms with Gasteiger partial charge in [0.25, 0.3) is 0 Å². The maximum atomic E-state index is 13.0. The fraction of sp³-hybridized carbons (Fsp3) is 0.409. The summed E-state index contributed by atoms with van der Waals surface area (Å²) in [5, 5.41) is 6.60. The van der Waals surface area contributed by atoms with Crippen molar-refractivity contribution in [2.24, 2.45) is 10.9 Å². The molecule has 1 saturated heterocycles. The third-order valence-corrected chi connectivity index (χ3v) is 7.27. The molecular formula is C22H29FN4O2S. The molecule has 0 spiro atoms. The van der Waals surface area contributed by atoms with Gasteiger partial charge in [-0.1, -0.05) is 30.3 Å². The Balaban J connectivity index is 1.40. The van der Waals surface area contributed by atoms with Gasteiger partial charge in [0.1, 0.15) is 5.82 Å². The molecule has 2 N–H and O–H groups in total. The lowest BCUT2D eigenvalue weighted by molar-refractivity contribution is 0.273. The number of piperidine rings is 1. The predicted molar refractivity (Wildman–Crippen MR) is 117 cm³/mol. The zero-order valence-electron chi connectivity index (χ0n) is 17.2. The van der Waals surface area contributed by atoms with Crippen LogP contribution in [0.15, 0.2) is 64.5 Å². The summed E-state index contributed by atoms with van der Waals surface area (Å²) in [7, 11) is -1.68. The van der Waals surface area contributed by atoms with Crippen LogP contribution in [-0.4, -0.2) is 51.9 Å². The second-order valence-electron chi connectivity index (χ2n) is 7.42. The molecule has 2 aromatic rings. The lowest BCUT2D eigenvalue weighted by Crippen LogP contribution is -2.44. The number of nitrogens with one attached hydrogen (secondary N) is 2. The first-order valence-electron chi connectivity index (χ1n) is 10.2. The molecule has 1 fully saturated rings. The van der Waals surface area contributed by atoms with Gasteiger partial charge in [-0.05, 0) is 55.0 Å². The van der Waals surface area contributed by atoms with Crippen molar-refractivity contribution < 1.29 is 12.8 Å². The van der Waals surface area contributed by atoms with Crippen molar-refractivity contribution in [3.05, 3.63) is 66.0 Å². The first-order valence-corrected chi connectivity index (χ1v) is 11.7. The molecule has 30 heavy (non-hydrogen) atoms. The highest BCUT2D eigenvalue weighted by atomic mass is 32.2. The molecule has 162 valence electrons. The molecule has 1 heterocycles. The molecule has 0 atom stereocenters. The molecule has 0 aliphatic carbocycles. The Morgan fingerprint density at radius 1 is 1.07 bits per heavy atom. The Morgan fingerprint density at radius 3 is 2.37 bits per heavy atom. The molecule has 3 rings (SSSR count). The molecule has 0 bridgehead atoms. The molecular weight excluding hydrogens is 403 g/mol. The standard InChI is InChI=1S/C22H29FN4O2S/c1-24-22(25-14-11-18-7-9-20(23)10-8-18)26-17-19-12-15-27(16-13-19)30(28,29)21-5-3-2-4-6-21/h2-10,19H,11-17H2,1H3,(H2,24,25,26). The van der Waals surface area contributed by atoms with Crippen molar-refractivity contribution in [1.29, 1.82) is 0 Å². The van der Waals surface area contributed by atoms with E-state index in [9.17, 15) is 12.8 Å². The molecule has 1 aliphatic rings. The normalized spacial score (nSPS) is 16.4. The number of hydrogen-bond donors (Lipinski definition) is 2. The highest BCUT2D eigenvalue weighted by Crippen LogP contribution is 2.23. The quantitative estimate of drug-likeness (QED) is 0.521. The van der Waals surface area contributed by atoms with Crippen molar-refractivity contribution in [3.63, 3.8) is 0 Å². The van der Waals surface area contributed by atoms with Gasteiger partial charge in [0, 0.05) is 33.2 Å². The van der Waals surface area contributed by atoms with E-state index < -0.39 is 10.0 Å². The van der Waals surface area contributed by atoms with Gasteiger partial charge in [0.05, 0.1) is 4.90 Å². The van der Waals surface area contributed by atoms with Crippen LogP contribution in [0, 0.1) is 11.7 Å². The fourth-order valence-electron chi connectivity index (χ4n) is 3.53. The van der Waals surface area contributed by atoms with Gasteiger partial charge in [0.15, 0.2) is 5.96 Å². The maximum absolute atomic E-state index is 13.0. The number of halogens is 1. The summed E-state index contributed by atoms with van der Waals surface area (Å²) in [5.41, 5.74) is 1.06. The minimum absolute atomic E-state index is 0.230. The minimum Gasteiger partial charge on any atom is -0.356 e. The van der Waals surface area contributed by atoms with Gasteiger partial charge in [-0.3, -0.25) is 4.99 Å². The van der Waals surface area contributed by atoms with E-state index >= 15 is 0 Å². The first kappa shape index (κ1) is 22.2. The second-order valence-corrected chi connectivity index (χ2v) is 9.35. The molecule has 2 aromatic carbocycles. The topological polar surface area (TPSA) is 73.8 Å². The van der Waals surface area contributed by atoms with Gasteiger partial charge in [-0.2, -0.15) is 4.31 Å². The lowest BCUT2D eigenvalue weighted by atomic mass is 9.98. The Bertz CT molecular complexity index is 925. The molecule has 0 radical (unpaired) electrons. The monoisotopic (exact) mass is 432 g/mol. The van der Waals surface area contributed by atoms with E-state index in [2.05, 4.69) is 15.6 Å². The summed E-state index contributed by atoms with van der Waals surface area (Å²) in [5.74, 6) is 0.881. The zero-order chi connectivity index (χ0) is 21.4. The summed E-state index contributed by atoms with van der Waals surface area (Å²) in [6.45, 7) is 2.49. The zero-order valence-corrected chi connectivity index (χ0v) is 18.0. The van der Waals surface area contributed by atoms with Crippen LogP contribution in [0.2, 0.25) is 0 Å². The Labute approximate surface area is 178 Å². The van der Waals surface area contributed by atoms with E-state index in [1.54, 1.807) is 47.8 Å². The van der Waals surface area contributed by atoms with Crippen LogP contribution in [0.1, 0.15) is 18.4 Å². The number of guanidine groups is 1. The summed E-state index contributed by atoms with van der Waals surface area (Å²) < 4.78 is 40.0. The molecule has 0 amide bonds. The van der Waals surface area contributed by atoms with Crippen molar-refractivity contribution in [3.8, 4) is 0 Å². The van der Waals surface area contributed by atoms with Gasteiger partial charge in [0.2, 0.25) is 10.0 Å². The number of benzene rings is 2. The van der Waals surface area contributed by atoms with E-state index in [-0.39, 0.29) is 5.82 Å². The summed E-state index contributed by atoms with van der Waals surface area (Å²) in [6, 6.07) is 15.1. The molecule has 0 saturated carbocycles. The minimum atomic E-state index is -3.41. The van der Waals surface area contributed by atoms with E-state index in [0.717, 1.165) is 37.3 Å². The van der Waals surface area contributed by atoms with Crippen LogP contribution in [-0.2, 0) is 16.4 Å². The van der Waals surface area contributed by atoms with Crippen molar-refractivity contribution in [2.45, 2.75) is 24.2 Å². The van der Waals surface area contributed by atoms with E-state index in [1.165, 1.54) is 12.1 Å². The summed E-state index contributed by atoms with van der Waals surface area (Å²) in [4.78, 5) is 4.59. The lowest BCUT2D eigenvalue weighted by Gasteiger charge is -2.31. The highest BCUT2D eigenvalue weighted by molar-refractivity contribution is 7.89. The average molecular weight is 433 g/mol. The highest BCUT2D eigenvalue weighted by Gasteiger charge is 2.29. The van der Waals surface area contributed by atoms with E-state index in [0.29, 0.717) is 30.4 Å². The van der Waals surface area contributed by atoms with Crippen LogP contribution >= 0.6 is 0 Å². The first-order chi connectivity index (χ1) is 14.5. The number of aliphatic imine (C=N–C) groups is 1. The van der Waals surface area contributed by atoms with Crippen LogP contribution in [0.4, 0.5) is 4.39 Å². The molecule has 6 nitrogen and oxygen atoms in total. The Hall–Kier alpha value is -2.45. The largest absolute Gasteiger partial charge is 0.356 e. The third-order valence-electron chi connectivity index (χ3n) is 5.36. The summed E-state index contributed by atoms with van der Waals surface area (Å²) >= 11 is 0. The second kappa shape index (κ2) is 10.5. The van der Waals surface area contributed by atoms with Gasteiger partial charge < -0.3 is 10.6 Å². The average Bonchev–Trinajstić information content (AvgIpc) is 2.78. The number of rotatable bonds is 7. The smallest absolute Gasteiger partial charge is 0.243 e. The van der Waals surface area contributed by atoms with Crippen molar-refractivity contribution in [2.75, 3.05) is 33.2 Å². The Kier molecular flexibility index (Phi) is 7.81. The van der Waals surface area contributed by atoms with Crippen LogP contribution in [0.3, 0.4) is 0 Å². The molecule has 0 aromatic heterocycles. The van der Waals surface area contributed by atoms with Crippen LogP contribution in [0.5, 0.6) is 0 Å². The van der Waals surface area contributed by atoms with E-state index in [4.69, 9.17) is 0 Å². The molecule has 1 aliphatic heterocycles. The van der Waals surface area contributed by atoms with Gasteiger partial charge in [-0.15, -0.1) is 0 Å². The fourth-order valence-corrected chi connectivity index (χ4v) is 5.02. The number of sulfonamides is 1. The van der Waals surface area contributed by atoms with Crippen molar-refractivity contribution >= 4 is 16.0 Å². The number of nitrogens with zero attached hydrogens (tertiary/aromatic N) is 2. The van der Waals surface area contributed by atoms with Crippen molar-refractivity contribution in [1.82, 2.24) is 14.9 Å². The summed E-state index contributed by atoms with van der Waals surface area (Å²) in [6.07, 6.45) is 2.40. The van der Waals surface area contributed by atoms with Crippen LogP contribution in [0.25, 0.3) is 0 Å². The molecule has 8 heteroatoms. The molecule has 0 unspecified atom stereocenters. The maximum Gasteiger partial charge on any atom is 0.243 e. The van der Waals surface area contributed by atoms with Gasteiger partial charge >= 0.3 is 0 Å². The van der Waals surface area contributed by atoms with Gasteiger partial charge in [-0.25, -0.2) is 12.8 Å². The van der Waals surface area contributed by atoms with E-state index in [1.807, 2.05) is 6.07 Å². The number of hydrogen-bond acceptors (Lipinski definition) is 3. The SMILES string of the molecule is CN=C(NCCc1ccc(F)cc1)NCC1CCN(S(=O)(=O)c2ccccc2)CC1. The third kappa shape index (κ3) is 6.03. The Morgan fingerprint density at radius 2 is 1.73 bits per heavy atom. The predicted octanol–water partition coefficient (Wildman–Crippen LogP) is 2.63. The van der Waals surface area contributed by atoms with Crippen LogP contribution < -0.4 is 10.6 Å².